The maximum absolute atomic E-state index is 8.72. The topological polar surface area (TPSA) is 35.8 Å². The molecule has 0 saturated carbocycles. The highest BCUT2D eigenvalue weighted by atomic mass is 35.5. The van der Waals surface area contributed by atoms with Crippen molar-refractivity contribution in [2.75, 3.05) is 23.4 Å². The van der Waals surface area contributed by atoms with E-state index >= 15 is 0 Å². The largest absolute Gasteiger partial charge is 0.384 e. The Hall–Kier alpha value is -0.850. The molecule has 1 heterocycles. The lowest BCUT2D eigenvalue weighted by molar-refractivity contribution is 0.632. The molecule has 1 aliphatic rings. The van der Waals surface area contributed by atoms with Gasteiger partial charge in [-0.3, -0.25) is 0 Å². The molecule has 1 aromatic carbocycles. The van der Waals surface area contributed by atoms with Crippen LogP contribution in [-0.4, -0.2) is 18.1 Å². The lowest BCUT2D eigenvalue weighted by Crippen LogP contribution is -2.13. The lowest BCUT2D eigenvalue weighted by Gasteiger charge is -2.12. The Kier molecular flexibility index (Phi) is 3.98. The quantitative estimate of drug-likeness (QED) is 0.896. The number of nitriles is 1. The van der Waals surface area contributed by atoms with Crippen molar-refractivity contribution in [1.82, 2.24) is 0 Å². The standard InChI is InChI=1S/C12H13ClN2S/c13-11-5-9(6-14)1-2-12(11)15-7-10-3-4-16-8-10/h1-2,5,10,15H,3-4,7-8H2. The van der Waals surface area contributed by atoms with E-state index in [1.165, 1.54) is 17.9 Å². The minimum Gasteiger partial charge on any atom is -0.384 e. The number of hydrogen-bond acceptors (Lipinski definition) is 3. The first kappa shape index (κ1) is 11.6. The van der Waals surface area contributed by atoms with Crippen molar-refractivity contribution in [3.05, 3.63) is 28.8 Å². The molecule has 1 N–H and O–H groups in total. The summed E-state index contributed by atoms with van der Waals surface area (Å²) in [5.41, 5.74) is 1.53. The van der Waals surface area contributed by atoms with Crippen LogP contribution >= 0.6 is 23.4 Å². The second kappa shape index (κ2) is 5.47. The number of rotatable bonds is 3. The first-order valence-corrected chi connectivity index (χ1v) is 6.84. The predicted octanol–water partition coefficient (Wildman–Crippen LogP) is 3.38. The summed E-state index contributed by atoms with van der Waals surface area (Å²) in [7, 11) is 0. The molecular formula is C12H13ClN2S. The van der Waals surface area contributed by atoms with Crippen LogP contribution in [0, 0.1) is 17.2 Å². The molecule has 1 fully saturated rings. The molecule has 0 aromatic heterocycles. The van der Waals surface area contributed by atoms with Crippen molar-refractivity contribution in [3.8, 4) is 6.07 Å². The summed E-state index contributed by atoms with van der Waals surface area (Å²) in [4.78, 5) is 0. The molecule has 1 unspecified atom stereocenters. The number of benzene rings is 1. The molecule has 4 heteroatoms. The third-order valence-electron chi connectivity index (χ3n) is 2.70. The van der Waals surface area contributed by atoms with E-state index in [-0.39, 0.29) is 0 Å². The molecule has 1 saturated heterocycles. The van der Waals surface area contributed by atoms with Crippen molar-refractivity contribution in [2.45, 2.75) is 6.42 Å². The zero-order chi connectivity index (χ0) is 11.4. The van der Waals surface area contributed by atoms with Crippen molar-refractivity contribution in [2.24, 2.45) is 5.92 Å². The van der Waals surface area contributed by atoms with E-state index in [1.54, 1.807) is 12.1 Å². The number of nitrogens with one attached hydrogen (secondary N) is 1. The van der Waals surface area contributed by atoms with Crippen LogP contribution in [0.25, 0.3) is 0 Å². The fraction of sp³-hybridized carbons (Fsp3) is 0.417. The Bertz CT molecular complexity index is 408. The predicted molar refractivity (Wildman–Crippen MR) is 70.1 cm³/mol. The Morgan fingerprint density at radius 2 is 2.44 bits per heavy atom. The van der Waals surface area contributed by atoms with Gasteiger partial charge in [-0.1, -0.05) is 11.6 Å². The van der Waals surface area contributed by atoms with Gasteiger partial charge in [0.1, 0.15) is 0 Å². The number of nitrogens with zero attached hydrogens (tertiary/aromatic N) is 1. The van der Waals surface area contributed by atoms with Crippen LogP contribution in [0.5, 0.6) is 0 Å². The molecule has 0 radical (unpaired) electrons. The highest BCUT2D eigenvalue weighted by molar-refractivity contribution is 7.99. The second-order valence-electron chi connectivity index (χ2n) is 3.92. The summed E-state index contributed by atoms with van der Waals surface area (Å²) in [6.07, 6.45) is 1.28. The van der Waals surface area contributed by atoms with Crippen LogP contribution in [-0.2, 0) is 0 Å². The van der Waals surface area contributed by atoms with Crippen molar-refractivity contribution < 1.29 is 0 Å². The van der Waals surface area contributed by atoms with Crippen LogP contribution < -0.4 is 5.32 Å². The highest BCUT2D eigenvalue weighted by Gasteiger charge is 2.15. The summed E-state index contributed by atoms with van der Waals surface area (Å²) < 4.78 is 0. The van der Waals surface area contributed by atoms with Crippen LogP contribution in [0.1, 0.15) is 12.0 Å². The molecule has 1 aliphatic heterocycles. The molecule has 0 aliphatic carbocycles. The van der Waals surface area contributed by atoms with E-state index in [2.05, 4.69) is 11.4 Å². The molecule has 1 aromatic rings. The van der Waals surface area contributed by atoms with Crippen LogP contribution in [0.15, 0.2) is 18.2 Å². The summed E-state index contributed by atoms with van der Waals surface area (Å²) >= 11 is 8.09. The zero-order valence-electron chi connectivity index (χ0n) is 8.87. The summed E-state index contributed by atoms with van der Waals surface area (Å²) in [6.45, 7) is 0.971. The van der Waals surface area contributed by atoms with Gasteiger partial charge in [0.25, 0.3) is 0 Å². The lowest BCUT2D eigenvalue weighted by atomic mass is 10.1. The van der Waals surface area contributed by atoms with Gasteiger partial charge >= 0.3 is 0 Å². The normalized spacial score (nSPS) is 19.4. The monoisotopic (exact) mass is 252 g/mol. The Balaban J connectivity index is 1.96. The van der Waals surface area contributed by atoms with Gasteiger partial charge in [0.2, 0.25) is 0 Å². The van der Waals surface area contributed by atoms with E-state index in [1.807, 2.05) is 17.8 Å². The highest BCUT2D eigenvalue weighted by Crippen LogP contribution is 2.26. The maximum Gasteiger partial charge on any atom is 0.0992 e. The third kappa shape index (κ3) is 2.84. The molecule has 2 nitrogen and oxygen atoms in total. The van der Waals surface area contributed by atoms with Crippen LogP contribution in [0.4, 0.5) is 5.69 Å². The Morgan fingerprint density at radius 3 is 3.06 bits per heavy atom. The Labute approximate surface area is 105 Å². The van der Waals surface area contributed by atoms with Crippen molar-refractivity contribution in [3.63, 3.8) is 0 Å². The smallest absolute Gasteiger partial charge is 0.0992 e. The molecule has 1 atom stereocenters. The van der Waals surface area contributed by atoms with Gasteiger partial charge in [0, 0.05) is 6.54 Å². The third-order valence-corrected chi connectivity index (χ3v) is 4.25. The van der Waals surface area contributed by atoms with Crippen LogP contribution in [0.3, 0.4) is 0 Å². The number of thioether (sulfide) groups is 1. The molecule has 0 spiro atoms. The summed E-state index contributed by atoms with van der Waals surface area (Å²) in [6, 6.07) is 7.45. The molecule has 2 rings (SSSR count). The van der Waals surface area contributed by atoms with E-state index in [4.69, 9.17) is 16.9 Å². The van der Waals surface area contributed by atoms with Crippen molar-refractivity contribution >= 4 is 29.1 Å². The average molecular weight is 253 g/mol. The fourth-order valence-electron chi connectivity index (χ4n) is 1.73. The van der Waals surface area contributed by atoms with E-state index in [0.29, 0.717) is 10.6 Å². The van der Waals surface area contributed by atoms with Gasteiger partial charge < -0.3 is 5.32 Å². The number of halogens is 1. The van der Waals surface area contributed by atoms with Gasteiger partial charge in [0.15, 0.2) is 0 Å². The van der Waals surface area contributed by atoms with Crippen LogP contribution in [0.2, 0.25) is 5.02 Å². The summed E-state index contributed by atoms with van der Waals surface area (Å²) in [5.74, 6) is 3.26. The van der Waals surface area contributed by atoms with Gasteiger partial charge in [-0.2, -0.15) is 17.0 Å². The van der Waals surface area contributed by atoms with E-state index in [0.717, 1.165) is 18.2 Å². The molecule has 0 bridgehead atoms. The zero-order valence-corrected chi connectivity index (χ0v) is 10.4. The first-order chi connectivity index (χ1) is 7.79. The maximum atomic E-state index is 8.72. The van der Waals surface area contributed by atoms with Crippen molar-refractivity contribution in [1.29, 1.82) is 5.26 Å². The molecular weight excluding hydrogens is 240 g/mol. The van der Waals surface area contributed by atoms with E-state index in [9.17, 15) is 0 Å². The number of anilines is 1. The molecule has 16 heavy (non-hydrogen) atoms. The van der Waals surface area contributed by atoms with Gasteiger partial charge in [-0.05, 0) is 42.0 Å². The summed E-state index contributed by atoms with van der Waals surface area (Å²) in [5, 5.41) is 12.7. The Morgan fingerprint density at radius 1 is 1.56 bits per heavy atom. The SMILES string of the molecule is N#Cc1ccc(NCC2CCSC2)c(Cl)c1. The van der Waals surface area contributed by atoms with Gasteiger partial charge in [-0.25, -0.2) is 0 Å². The first-order valence-electron chi connectivity index (χ1n) is 5.31. The van der Waals surface area contributed by atoms with Gasteiger partial charge in [-0.15, -0.1) is 0 Å². The van der Waals surface area contributed by atoms with Gasteiger partial charge in [0.05, 0.1) is 22.3 Å². The minimum absolute atomic E-state index is 0.604. The van der Waals surface area contributed by atoms with E-state index < -0.39 is 0 Å². The molecule has 0 amide bonds. The number of hydrogen-bond donors (Lipinski definition) is 1. The second-order valence-corrected chi connectivity index (χ2v) is 5.47. The average Bonchev–Trinajstić information content (AvgIpc) is 2.80. The molecule has 84 valence electrons. The minimum atomic E-state index is 0.604. The fourth-order valence-corrected chi connectivity index (χ4v) is 3.26.